The highest BCUT2D eigenvalue weighted by atomic mass is 16.3. The molecule has 4 heteroatoms. The van der Waals surface area contributed by atoms with Crippen molar-refractivity contribution >= 4 is 11.7 Å². The molecule has 1 aromatic rings. The first-order valence-electron chi connectivity index (χ1n) is 6.55. The Morgan fingerprint density at radius 1 is 1.26 bits per heavy atom. The van der Waals surface area contributed by atoms with Crippen molar-refractivity contribution in [1.29, 1.82) is 0 Å². The average Bonchev–Trinajstić information content (AvgIpc) is 2.27. The molecule has 0 saturated heterocycles. The second kappa shape index (κ2) is 6.06. The van der Waals surface area contributed by atoms with Gasteiger partial charge < -0.3 is 15.7 Å². The molecule has 1 rings (SSSR count). The van der Waals surface area contributed by atoms with E-state index in [-0.39, 0.29) is 17.5 Å². The monoisotopic (exact) mass is 264 g/mol. The van der Waals surface area contributed by atoms with Crippen LogP contribution in [0.4, 0.5) is 10.5 Å². The van der Waals surface area contributed by atoms with Gasteiger partial charge in [-0.05, 0) is 37.0 Å². The van der Waals surface area contributed by atoms with Crippen molar-refractivity contribution in [3.8, 4) is 0 Å². The molecule has 106 valence electrons. The van der Waals surface area contributed by atoms with Crippen molar-refractivity contribution in [2.75, 3.05) is 5.32 Å². The number of aliphatic hydroxyl groups is 1. The lowest BCUT2D eigenvalue weighted by atomic mass is 9.88. The Morgan fingerprint density at radius 3 is 2.42 bits per heavy atom. The Hall–Kier alpha value is -1.55. The molecule has 0 radical (unpaired) electrons. The zero-order chi connectivity index (χ0) is 14.6. The highest BCUT2D eigenvalue weighted by Gasteiger charge is 2.21. The first kappa shape index (κ1) is 15.5. The number of rotatable bonds is 3. The van der Waals surface area contributed by atoms with Gasteiger partial charge in [-0.1, -0.05) is 32.9 Å². The summed E-state index contributed by atoms with van der Waals surface area (Å²) < 4.78 is 0. The summed E-state index contributed by atoms with van der Waals surface area (Å²) >= 11 is 0. The Balaban J connectivity index is 2.65. The van der Waals surface area contributed by atoms with Crippen molar-refractivity contribution < 1.29 is 9.90 Å². The molecule has 1 aromatic carbocycles. The van der Waals surface area contributed by atoms with Gasteiger partial charge in [0.15, 0.2) is 0 Å². The second-order valence-corrected chi connectivity index (χ2v) is 5.99. The van der Waals surface area contributed by atoms with Crippen molar-refractivity contribution in [1.82, 2.24) is 5.32 Å². The van der Waals surface area contributed by atoms with E-state index < -0.39 is 6.10 Å². The minimum atomic E-state index is -0.543. The molecule has 2 unspecified atom stereocenters. The van der Waals surface area contributed by atoms with Crippen LogP contribution in [0.3, 0.4) is 0 Å². The molecule has 0 spiro atoms. The van der Waals surface area contributed by atoms with Gasteiger partial charge >= 0.3 is 6.03 Å². The SMILES string of the molecule is CC(O)c1cccc(NC(=O)NC(C)C(C)(C)C)c1. The van der Waals surface area contributed by atoms with E-state index in [9.17, 15) is 9.90 Å². The van der Waals surface area contributed by atoms with Gasteiger partial charge in [-0.3, -0.25) is 0 Å². The van der Waals surface area contributed by atoms with Gasteiger partial charge in [0, 0.05) is 11.7 Å². The van der Waals surface area contributed by atoms with Gasteiger partial charge in [-0.2, -0.15) is 0 Å². The molecule has 4 nitrogen and oxygen atoms in total. The number of carbonyl (C=O) groups is 1. The number of urea groups is 1. The van der Waals surface area contributed by atoms with Crippen molar-refractivity contribution in [3.05, 3.63) is 29.8 Å². The number of amides is 2. The number of carbonyl (C=O) groups excluding carboxylic acids is 1. The largest absolute Gasteiger partial charge is 0.389 e. The maximum absolute atomic E-state index is 11.9. The van der Waals surface area contributed by atoms with E-state index in [0.29, 0.717) is 5.69 Å². The highest BCUT2D eigenvalue weighted by molar-refractivity contribution is 5.89. The van der Waals surface area contributed by atoms with E-state index in [0.717, 1.165) is 5.56 Å². The molecule has 3 N–H and O–H groups in total. The summed E-state index contributed by atoms with van der Waals surface area (Å²) in [5.41, 5.74) is 1.47. The Morgan fingerprint density at radius 2 is 1.89 bits per heavy atom. The lowest BCUT2D eigenvalue weighted by Gasteiger charge is -2.28. The van der Waals surface area contributed by atoms with Crippen molar-refractivity contribution in [3.63, 3.8) is 0 Å². The number of nitrogens with one attached hydrogen (secondary N) is 2. The number of aliphatic hydroxyl groups excluding tert-OH is 1. The van der Waals surface area contributed by atoms with E-state index in [1.807, 2.05) is 19.1 Å². The van der Waals surface area contributed by atoms with Crippen LogP contribution < -0.4 is 10.6 Å². The molecular formula is C15H24N2O2. The molecule has 0 fully saturated rings. The zero-order valence-electron chi connectivity index (χ0n) is 12.3. The van der Waals surface area contributed by atoms with E-state index in [1.165, 1.54) is 0 Å². The first-order chi connectivity index (χ1) is 8.70. The van der Waals surface area contributed by atoms with Gasteiger partial charge in [0.1, 0.15) is 0 Å². The summed E-state index contributed by atoms with van der Waals surface area (Å²) in [6, 6.07) is 7.04. The molecule has 0 aliphatic heterocycles. The molecule has 19 heavy (non-hydrogen) atoms. The maximum Gasteiger partial charge on any atom is 0.319 e. The summed E-state index contributed by atoms with van der Waals surface area (Å²) in [6.07, 6.45) is -0.543. The van der Waals surface area contributed by atoms with Gasteiger partial charge in [0.05, 0.1) is 6.10 Å². The fourth-order valence-electron chi connectivity index (χ4n) is 1.46. The predicted molar refractivity (Wildman–Crippen MR) is 78.1 cm³/mol. The topological polar surface area (TPSA) is 61.4 Å². The lowest BCUT2D eigenvalue weighted by Crippen LogP contribution is -2.43. The number of benzene rings is 1. The fourth-order valence-corrected chi connectivity index (χ4v) is 1.46. The van der Waals surface area contributed by atoms with E-state index in [1.54, 1.807) is 19.1 Å². The molecular weight excluding hydrogens is 240 g/mol. The average molecular weight is 264 g/mol. The van der Waals surface area contributed by atoms with Crippen LogP contribution in [-0.4, -0.2) is 17.2 Å². The van der Waals surface area contributed by atoms with Crippen LogP contribution >= 0.6 is 0 Å². The van der Waals surface area contributed by atoms with E-state index in [4.69, 9.17) is 0 Å². The van der Waals surface area contributed by atoms with Crippen molar-refractivity contribution in [2.45, 2.75) is 46.8 Å². The highest BCUT2D eigenvalue weighted by Crippen LogP contribution is 2.19. The maximum atomic E-state index is 11.9. The van der Waals surface area contributed by atoms with E-state index in [2.05, 4.69) is 31.4 Å². The third-order valence-corrected chi connectivity index (χ3v) is 3.27. The molecule has 0 saturated carbocycles. The standard InChI is InChI=1S/C15H24N2O2/c1-10(18)12-7-6-8-13(9-12)17-14(19)16-11(2)15(3,4)5/h6-11,18H,1-5H3,(H2,16,17,19). The summed E-state index contributed by atoms with van der Waals surface area (Å²) in [6.45, 7) is 9.90. The molecule has 0 bridgehead atoms. The third-order valence-electron chi connectivity index (χ3n) is 3.27. The van der Waals surface area contributed by atoms with Crippen LogP contribution in [-0.2, 0) is 0 Å². The molecule has 0 heterocycles. The predicted octanol–water partition coefficient (Wildman–Crippen LogP) is 3.30. The summed E-state index contributed by atoms with van der Waals surface area (Å²) in [4.78, 5) is 11.9. The third kappa shape index (κ3) is 4.91. The lowest BCUT2D eigenvalue weighted by molar-refractivity contribution is 0.199. The Labute approximate surface area is 115 Å². The normalized spacial score (nSPS) is 14.6. The molecule has 0 aliphatic rings. The van der Waals surface area contributed by atoms with Crippen LogP contribution in [0.25, 0.3) is 0 Å². The molecule has 2 amide bonds. The molecule has 2 atom stereocenters. The summed E-state index contributed by atoms with van der Waals surface area (Å²) in [5.74, 6) is 0. The minimum Gasteiger partial charge on any atom is -0.389 e. The van der Waals surface area contributed by atoms with Crippen molar-refractivity contribution in [2.24, 2.45) is 5.41 Å². The van der Waals surface area contributed by atoms with Crippen LogP contribution in [0.15, 0.2) is 24.3 Å². The summed E-state index contributed by atoms with van der Waals surface area (Å²) in [5, 5.41) is 15.2. The quantitative estimate of drug-likeness (QED) is 0.784. The smallest absolute Gasteiger partial charge is 0.319 e. The first-order valence-corrected chi connectivity index (χ1v) is 6.55. The van der Waals surface area contributed by atoms with Gasteiger partial charge in [0.25, 0.3) is 0 Å². The number of hydrogen-bond donors (Lipinski definition) is 3. The zero-order valence-corrected chi connectivity index (χ0v) is 12.3. The van der Waals surface area contributed by atoms with Gasteiger partial charge in [0.2, 0.25) is 0 Å². The number of hydrogen-bond acceptors (Lipinski definition) is 2. The van der Waals surface area contributed by atoms with Crippen LogP contribution in [0.5, 0.6) is 0 Å². The molecule has 0 aromatic heterocycles. The fraction of sp³-hybridized carbons (Fsp3) is 0.533. The Kier molecular flexibility index (Phi) is 4.95. The van der Waals surface area contributed by atoms with Gasteiger partial charge in [-0.25, -0.2) is 4.79 Å². The van der Waals surface area contributed by atoms with E-state index >= 15 is 0 Å². The minimum absolute atomic E-state index is 0.0127. The van der Waals surface area contributed by atoms with Gasteiger partial charge in [-0.15, -0.1) is 0 Å². The molecule has 0 aliphatic carbocycles. The summed E-state index contributed by atoms with van der Waals surface area (Å²) in [7, 11) is 0. The second-order valence-electron chi connectivity index (χ2n) is 5.99. The Bertz CT molecular complexity index is 436. The number of anilines is 1. The van der Waals surface area contributed by atoms with Crippen LogP contribution in [0.2, 0.25) is 0 Å². The van der Waals surface area contributed by atoms with Crippen LogP contribution in [0, 0.1) is 5.41 Å². The van der Waals surface area contributed by atoms with Crippen LogP contribution in [0.1, 0.15) is 46.3 Å².